The second kappa shape index (κ2) is 9.17. The SMILES string of the molecule is CCOC(=O)[C@@](O)(c1ccc(NC(=O)NS(=O)(=O)c2ccc(C)cc2)c(C)c1)C(F)(F)F. The van der Waals surface area contributed by atoms with Gasteiger partial charge in [0.05, 0.1) is 11.5 Å². The smallest absolute Gasteiger partial charge is 0.432 e. The van der Waals surface area contributed by atoms with Crippen molar-refractivity contribution >= 4 is 27.7 Å². The third-order valence-corrected chi connectivity index (χ3v) is 5.78. The summed E-state index contributed by atoms with van der Waals surface area (Å²) in [5, 5.41) is 12.3. The fourth-order valence-electron chi connectivity index (χ4n) is 2.71. The van der Waals surface area contributed by atoms with Crippen LogP contribution in [0.5, 0.6) is 0 Å². The van der Waals surface area contributed by atoms with Gasteiger partial charge in [-0.25, -0.2) is 22.7 Å². The molecule has 0 spiro atoms. The van der Waals surface area contributed by atoms with Gasteiger partial charge in [0.2, 0.25) is 0 Å². The monoisotopic (exact) mass is 474 g/mol. The summed E-state index contributed by atoms with van der Waals surface area (Å²) in [6.45, 7) is 3.96. The predicted molar refractivity (Wildman–Crippen MR) is 108 cm³/mol. The van der Waals surface area contributed by atoms with E-state index in [4.69, 9.17) is 0 Å². The molecule has 0 heterocycles. The van der Waals surface area contributed by atoms with Crippen LogP contribution in [0.3, 0.4) is 0 Å². The van der Waals surface area contributed by atoms with Gasteiger partial charge in [-0.1, -0.05) is 29.8 Å². The first kappa shape index (κ1) is 25.1. The van der Waals surface area contributed by atoms with Crippen LogP contribution in [0.25, 0.3) is 0 Å². The lowest BCUT2D eigenvalue weighted by molar-refractivity contribution is -0.267. The molecule has 1 atom stereocenters. The van der Waals surface area contributed by atoms with Gasteiger partial charge in [-0.15, -0.1) is 0 Å². The largest absolute Gasteiger partial charge is 0.463 e. The number of carbonyl (C=O) groups excluding carboxylic acids is 2. The van der Waals surface area contributed by atoms with Crippen molar-refractivity contribution < 1.29 is 41.0 Å². The third-order valence-electron chi connectivity index (χ3n) is 4.43. The number of nitrogens with one attached hydrogen (secondary N) is 2. The Morgan fingerprint density at radius 3 is 2.16 bits per heavy atom. The quantitative estimate of drug-likeness (QED) is 0.553. The fourth-order valence-corrected chi connectivity index (χ4v) is 3.62. The van der Waals surface area contributed by atoms with Gasteiger partial charge < -0.3 is 15.2 Å². The van der Waals surface area contributed by atoms with E-state index in [1.165, 1.54) is 26.0 Å². The summed E-state index contributed by atoms with van der Waals surface area (Å²) in [6.07, 6.45) is -5.37. The molecule has 0 unspecified atom stereocenters. The van der Waals surface area contributed by atoms with Crippen molar-refractivity contribution in [2.75, 3.05) is 11.9 Å². The molecule has 174 valence electrons. The van der Waals surface area contributed by atoms with Crippen LogP contribution in [-0.2, 0) is 25.2 Å². The number of sulfonamides is 1. The minimum atomic E-state index is -5.37. The van der Waals surface area contributed by atoms with E-state index < -0.39 is 39.4 Å². The third kappa shape index (κ3) is 5.19. The maximum atomic E-state index is 13.5. The van der Waals surface area contributed by atoms with Gasteiger partial charge >= 0.3 is 18.2 Å². The number of aryl methyl sites for hydroxylation is 2. The maximum absolute atomic E-state index is 13.5. The predicted octanol–water partition coefficient (Wildman–Crippen LogP) is 3.13. The normalized spacial score (nSPS) is 13.7. The molecular formula is C20H21F3N2O6S. The summed E-state index contributed by atoms with van der Waals surface area (Å²) in [6, 6.07) is 7.16. The molecule has 2 aromatic rings. The van der Waals surface area contributed by atoms with E-state index in [0.717, 1.165) is 23.8 Å². The summed E-state index contributed by atoms with van der Waals surface area (Å²) in [7, 11) is -4.19. The van der Waals surface area contributed by atoms with E-state index >= 15 is 0 Å². The van der Waals surface area contributed by atoms with E-state index in [2.05, 4.69) is 10.1 Å². The molecule has 12 heteroatoms. The number of hydrogen-bond donors (Lipinski definition) is 3. The molecule has 2 aromatic carbocycles. The number of carbonyl (C=O) groups is 2. The first-order valence-electron chi connectivity index (χ1n) is 9.20. The highest BCUT2D eigenvalue weighted by Crippen LogP contribution is 2.41. The van der Waals surface area contributed by atoms with Crippen LogP contribution in [-0.4, -0.2) is 38.3 Å². The van der Waals surface area contributed by atoms with Crippen LogP contribution in [0.1, 0.15) is 23.6 Å². The van der Waals surface area contributed by atoms with Gasteiger partial charge in [0, 0.05) is 11.3 Å². The summed E-state index contributed by atoms with van der Waals surface area (Å²) < 4.78 is 71.2. The average Bonchev–Trinajstić information content (AvgIpc) is 2.68. The Bertz CT molecular complexity index is 1120. The molecule has 0 aromatic heterocycles. The number of anilines is 1. The number of halogens is 3. The highest BCUT2D eigenvalue weighted by molar-refractivity contribution is 7.90. The Kier molecular flexibility index (Phi) is 7.20. The first-order valence-corrected chi connectivity index (χ1v) is 10.7. The Balaban J connectivity index is 2.27. The molecular weight excluding hydrogens is 453 g/mol. The van der Waals surface area contributed by atoms with Crippen molar-refractivity contribution in [3.05, 3.63) is 59.2 Å². The molecule has 2 amide bonds. The lowest BCUT2D eigenvalue weighted by Crippen LogP contribution is -2.50. The molecule has 8 nitrogen and oxygen atoms in total. The van der Waals surface area contributed by atoms with Gasteiger partial charge in [0.1, 0.15) is 0 Å². The van der Waals surface area contributed by atoms with Crippen LogP contribution < -0.4 is 10.0 Å². The van der Waals surface area contributed by atoms with E-state index in [9.17, 15) is 36.3 Å². The Morgan fingerprint density at radius 2 is 1.66 bits per heavy atom. The Labute approximate surface area is 182 Å². The fraction of sp³-hybridized carbons (Fsp3) is 0.300. The highest BCUT2D eigenvalue weighted by Gasteiger charge is 2.62. The van der Waals surface area contributed by atoms with Crippen molar-refractivity contribution in [2.45, 2.75) is 37.4 Å². The van der Waals surface area contributed by atoms with Crippen LogP contribution in [0.4, 0.5) is 23.7 Å². The van der Waals surface area contributed by atoms with Gasteiger partial charge in [-0.2, -0.15) is 13.2 Å². The van der Waals surface area contributed by atoms with Crippen LogP contribution in [0, 0.1) is 13.8 Å². The minimum Gasteiger partial charge on any atom is -0.463 e. The molecule has 3 N–H and O–H groups in total. The average molecular weight is 474 g/mol. The Morgan fingerprint density at radius 1 is 1.06 bits per heavy atom. The summed E-state index contributed by atoms with van der Waals surface area (Å²) in [5.74, 6) is -1.89. The van der Waals surface area contributed by atoms with E-state index in [0.29, 0.717) is 0 Å². The van der Waals surface area contributed by atoms with E-state index in [-0.39, 0.29) is 22.8 Å². The number of rotatable bonds is 6. The lowest BCUT2D eigenvalue weighted by Gasteiger charge is -2.29. The highest BCUT2D eigenvalue weighted by atomic mass is 32.2. The van der Waals surface area contributed by atoms with Gasteiger partial charge in [-0.05, 0) is 44.5 Å². The molecule has 0 aliphatic heterocycles. The minimum absolute atomic E-state index is 0.0253. The van der Waals surface area contributed by atoms with Crippen molar-refractivity contribution in [2.24, 2.45) is 0 Å². The van der Waals surface area contributed by atoms with E-state index in [1.54, 1.807) is 23.8 Å². The number of alkyl halides is 3. The molecule has 0 fully saturated rings. The molecule has 0 saturated carbocycles. The zero-order valence-corrected chi connectivity index (χ0v) is 18.1. The number of hydrogen-bond acceptors (Lipinski definition) is 6. The number of amides is 2. The zero-order valence-electron chi connectivity index (χ0n) is 17.3. The van der Waals surface area contributed by atoms with Gasteiger partial charge in [-0.3, -0.25) is 0 Å². The van der Waals surface area contributed by atoms with Crippen LogP contribution in [0.15, 0.2) is 47.4 Å². The number of urea groups is 1. The second-order valence-electron chi connectivity index (χ2n) is 6.83. The van der Waals surface area contributed by atoms with Crippen LogP contribution >= 0.6 is 0 Å². The Hall–Kier alpha value is -3.12. The molecule has 0 saturated heterocycles. The zero-order chi connectivity index (χ0) is 24.3. The topological polar surface area (TPSA) is 122 Å². The van der Waals surface area contributed by atoms with Crippen molar-refractivity contribution in [3.8, 4) is 0 Å². The van der Waals surface area contributed by atoms with E-state index in [1.807, 2.05) is 0 Å². The van der Waals surface area contributed by atoms with Crippen molar-refractivity contribution in [1.82, 2.24) is 4.72 Å². The maximum Gasteiger partial charge on any atom is 0.432 e. The molecule has 0 radical (unpaired) electrons. The molecule has 2 rings (SSSR count). The molecule has 0 aliphatic carbocycles. The standard InChI is InChI=1S/C20H21F3N2O6S/c1-4-31-17(26)19(28,20(21,22)23)14-7-10-16(13(3)11-14)24-18(27)25-32(29,30)15-8-5-12(2)6-9-15/h5-11,28H,4H2,1-3H3,(H2,24,25,27)/t19-/m0/s1. The van der Waals surface area contributed by atoms with Gasteiger partial charge in [0.15, 0.2) is 0 Å². The first-order chi connectivity index (χ1) is 14.7. The molecule has 32 heavy (non-hydrogen) atoms. The van der Waals surface area contributed by atoms with Crippen LogP contribution in [0.2, 0.25) is 0 Å². The number of aliphatic hydroxyl groups is 1. The second-order valence-corrected chi connectivity index (χ2v) is 8.51. The lowest BCUT2D eigenvalue weighted by atomic mass is 9.91. The number of benzene rings is 2. The summed E-state index contributed by atoms with van der Waals surface area (Å²) in [4.78, 5) is 23.9. The van der Waals surface area contributed by atoms with Crippen molar-refractivity contribution in [1.29, 1.82) is 0 Å². The molecule has 0 aliphatic rings. The number of esters is 1. The van der Waals surface area contributed by atoms with Crippen molar-refractivity contribution in [3.63, 3.8) is 0 Å². The van der Waals surface area contributed by atoms with Gasteiger partial charge in [0.25, 0.3) is 15.6 Å². The summed E-state index contributed by atoms with van der Waals surface area (Å²) >= 11 is 0. The summed E-state index contributed by atoms with van der Waals surface area (Å²) in [5.41, 5.74) is -3.94. The molecule has 0 bridgehead atoms. The number of ether oxygens (including phenoxy) is 1.